The van der Waals surface area contributed by atoms with E-state index in [0.29, 0.717) is 5.69 Å². The van der Waals surface area contributed by atoms with Crippen molar-refractivity contribution in [1.29, 1.82) is 0 Å². The average Bonchev–Trinajstić information content (AvgIpc) is 2.75. The Morgan fingerprint density at radius 3 is 2.41 bits per heavy atom. The summed E-state index contributed by atoms with van der Waals surface area (Å²) >= 11 is 0. The van der Waals surface area contributed by atoms with Crippen LogP contribution in [0.15, 0.2) is 43.0 Å². The van der Waals surface area contributed by atoms with Crippen LogP contribution in [0, 0.1) is 0 Å². The van der Waals surface area contributed by atoms with Gasteiger partial charge in [0.25, 0.3) is 0 Å². The summed E-state index contributed by atoms with van der Waals surface area (Å²) in [5.74, 6) is -0.0396. The molecule has 0 fully saturated rings. The zero-order valence-electron chi connectivity index (χ0n) is 9.97. The van der Waals surface area contributed by atoms with Crippen molar-refractivity contribution in [2.24, 2.45) is 0 Å². The number of hydrogen-bond acceptors (Lipinski definition) is 2. The van der Waals surface area contributed by atoms with Gasteiger partial charge in [-0.3, -0.25) is 4.79 Å². The molecule has 0 saturated carbocycles. The van der Waals surface area contributed by atoms with E-state index in [9.17, 15) is 4.79 Å². The van der Waals surface area contributed by atoms with Crippen molar-refractivity contribution >= 4 is 11.4 Å². The van der Waals surface area contributed by atoms with E-state index in [1.165, 1.54) is 6.92 Å². The first kappa shape index (κ1) is 11.3. The van der Waals surface area contributed by atoms with Gasteiger partial charge in [-0.25, -0.2) is 4.68 Å². The van der Waals surface area contributed by atoms with Gasteiger partial charge >= 0.3 is 0 Å². The third-order valence-electron chi connectivity index (χ3n) is 2.51. The highest BCUT2D eigenvalue weighted by atomic mass is 16.1. The van der Waals surface area contributed by atoms with Crippen LogP contribution in [0.2, 0.25) is 0 Å². The number of aromatic nitrogens is 2. The maximum atomic E-state index is 11.4. The lowest BCUT2D eigenvalue weighted by Crippen LogP contribution is -2.01. The first-order valence-electron chi connectivity index (χ1n) is 5.42. The van der Waals surface area contributed by atoms with E-state index < -0.39 is 0 Å². The molecule has 0 radical (unpaired) electrons. The third-order valence-corrected chi connectivity index (χ3v) is 2.51. The summed E-state index contributed by atoms with van der Waals surface area (Å²) in [6, 6.07) is 11.5. The zero-order chi connectivity index (χ0) is 12.4. The number of ketones is 1. The largest absolute Gasteiger partial charge is 0.293 e. The van der Waals surface area contributed by atoms with Gasteiger partial charge in [0.2, 0.25) is 0 Å². The maximum Gasteiger partial charge on any atom is 0.180 e. The average molecular weight is 226 g/mol. The predicted molar refractivity (Wildman–Crippen MR) is 68.3 cm³/mol. The van der Waals surface area contributed by atoms with Crippen molar-refractivity contribution < 1.29 is 4.79 Å². The molecule has 1 heterocycles. The van der Waals surface area contributed by atoms with Crippen LogP contribution in [0.3, 0.4) is 0 Å². The molecule has 1 aromatic heterocycles. The summed E-state index contributed by atoms with van der Waals surface area (Å²) in [6.45, 7) is 7.33. The second-order valence-corrected chi connectivity index (χ2v) is 4.00. The number of rotatable bonds is 3. The molecule has 1 aromatic carbocycles. The second kappa shape index (κ2) is 4.37. The van der Waals surface area contributed by atoms with E-state index in [-0.39, 0.29) is 5.78 Å². The fourth-order valence-electron chi connectivity index (χ4n) is 1.62. The number of para-hydroxylation sites is 1. The lowest BCUT2D eigenvalue weighted by atomic mass is 10.2. The Balaban J connectivity index is 2.60. The molecule has 0 amide bonds. The molecule has 2 aromatic rings. The Labute approximate surface area is 100 Å². The van der Waals surface area contributed by atoms with Crippen LogP contribution in [-0.4, -0.2) is 15.6 Å². The van der Waals surface area contributed by atoms with Crippen molar-refractivity contribution in [1.82, 2.24) is 9.78 Å². The Bertz CT molecular complexity index is 567. The Kier molecular flexibility index (Phi) is 2.91. The molecular formula is C14H14N2O. The molecule has 0 unspecified atom stereocenters. The number of benzene rings is 1. The smallest absolute Gasteiger partial charge is 0.180 e. The summed E-state index contributed by atoms with van der Waals surface area (Å²) in [4.78, 5) is 11.4. The Hall–Kier alpha value is -2.16. The van der Waals surface area contributed by atoms with Crippen LogP contribution in [0.25, 0.3) is 11.3 Å². The molecular weight excluding hydrogens is 212 g/mol. The molecule has 3 heteroatoms. The maximum absolute atomic E-state index is 11.4. The molecule has 86 valence electrons. The number of hydrogen-bond donors (Lipinski definition) is 0. The molecule has 0 aliphatic rings. The first-order valence-corrected chi connectivity index (χ1v) is 5.42. The second-order valence-electron chi connectivity index (χ2n) is 4.00. The number of carbonyl (C=O) groups excluding carboxylic acids is 1. The molecule has 3 nitrogen and oxygen atoms in total. The van der Waals surface area contributed by atoms with Crippen molar-refractivity contribution in [2.45, 2.75) is 13.8 Å². The van der Waals surface area contributed by atoms with Crippen LogP contribution < -0.4 is 0 Å². The van der Waals surface area contributed by atoms with Gasteiger partial charge in [0.1, 0.15) is 5.69 Å². The molecule has 0 atom stereocenters. The molecule has 0 bridgehead atoms. The van der Waals surface area contributed by atoms with Gasteiger partial charge in [0.15, 0.2) is 5.78 Å². The lowest BCUT2D eigenvalue weighted by Gasteiger charge is -2.06. The van der Waals surface area contributed by atoms with E-state index in [1.807, 2.05) is 37.3 Å². The molecule has 0 saturated heterocycles. The van der Waals surface area contributed by atoms with E-state index >= 15 is 0 Å². The number of Topliss-reactive ketones (excluding diaryl/α,β-unsaturated/α-hetero) is 1. The minimum absolute atomic E-state index is 0.0396. The summed E-state index contributed by atoms with van der Waals surface area (Å²) in [5, 5.41) is 4.31. The number of carbonyl (C=O) groups is 1. The minimum atomic E-state index is -0.0396. The van der Waals surface area contributed by atoms with Crippen molar-refractivity contribution in [3.63, 3.8) is 0 Å². The predicted octanol–water partition coefficient (Wildman–Crippen LogP) is 3.11. The van der Waals surface area contributed by atoms with Crippen LogP contribution in [-0.2, 0) is 0 Å². The van der Waals surface area contributed by atoms with E-state index in [0.717, 1.165) is 17.0 Å². The molecule has 2 rings (SSSR count). The summed E-state index contributed by atoms with van der Waals surface area (Å²) < 4.78 is 1.75. The Morgan fingerprint density at radius 1 is 1.24 bits per heavy atom. The van der Waals surface area contributed by atoms with E-state index in [2.05, 4.69) is 11.7 Å². The summed E-state index contributed by atoms with van der Waals surface area (Å²) in [6.07, 6.45) is 0. The fourth-order valence-corrected chi connectivity index (χ4v) is 1.62. The van der Waals surface area contributed by atoms with Crippen LogP contribution in [0.4, 0.5) is 0 Å². The van der Waals surface area contributed by atoms with Gasteiger partial charge in [-0.05, 0) is 30.7 Å². The van der Waals surface area contributed by atoms with Gasteiger partial charge in [0, 0.05) is 6.92 Å². The van der Waals surface area contributed by atoms with Crippen molar-refractivity contribution in [2.75, 3.05) is 0 Å². The monoisotopic (exact) mass is 226 g/mol. The highest BCUT2D eigenvalue weighted by Crippen LogP contribution is 2.18. The molecule has 17 heavy (non-hydrogen) atoms. The minimum Gasteiger partial charge on any atom is -0.293 e. The molecule has 0 spiro atoms. The number of nitrogens with zero attached hydrogens (tertiary/aromatic N) is 2. The third kappa shape index (κ3) is 2.18. The quantitative estimate of drug-likeness (QED) is 0.754. The van der Waals surface area contributed by atoms with Gasteiger partial charge in [-0.15, -0.1) is 0 Å². The number of allylic oxidation sites excluding steroid dienone is 1. The summed E-state index contributed by atoms with van der Waals surface area (Å²) in [5.41, 5.74) is 3.14. The first-order chi connectivity index (χ1) is 8.09. The van der Waals surface area contributed by atoms with Gasteiger partial charge in [0.05, 0.1) is 11.4 Å². The Morgan fingerprint density at radius 2 is 1.88 bits per heavy atom. The van der Waals surface area contributed by atoms with Gasteiger partial charge < -0.3 is 0 Å². The fraction of sp³-hybridized carbons (Fsp3) is 0.143. The molecule has 0 aliphatic carbocycles. The SMILES string of the molecule is C=C(C)c1cc(C(C)=O)nn1-c1ccccc1. The van der Waals surface area contributed by atoms with Gasteiger partial charge in [-0.1, -0.05) is 24.8 Å². The van der Waals surface area contributed by atoms with Crippen molar-refractivity contribution in [3.8, 4) is 5.69 Å². The highest BCUT2D eigenvalue weighted by Gasteiger charge is 2.12. The van der Waals surface area contributed by atoms with E-state index in [1.54, 1.807) is 10.7 Å². The standard InChI is InChI=1S/C14H14N2O/c1-10(2)14-9-13(11(3)17)15-16(14)12-7-5-4-6-8-12/h4-9H,1H2,2-3H3. The van der Waals surface area contributed by atoms with E-state index in [4.69, 9.17) is 0 Å². The van der Waals surface area contributed by atoms with Crippen molar-refractivity contribution in [3.05, 3.63) is 54.4 Å². The van der Waals surface area contributed by atoms with Crippen LogP contribution in [0.1, 0.15) is 30.0 Å². The van der Waals surface area contributed by atoms with Gasteiger partial charge in [-0.2, -0.15) is 5.10 Å². The molecule has 0 aliphatic heterocycles. The molecule has 0 N–H and O–H groups in total. The van der Waals surface area contributed by atoms with Crippen LogP contribution >= 0.6 is 0 Å². The van der Waals surface area contributed by atoms with Crippen LogP contribution in [0.5, 0.6) is 0 Å². The normalized spacial score (nSPS) is 10.2. The lowest BCUT2D eigenvalue weighted by molar-refractivity contribution is 0.101. The highest BCUT2D eigenvalue weighted by molar-refractivity contribution is 5.93. The topological polar surface area (TPSA) is 34.9 Å². The summed E-state index contributed by atoms with van der Waals surface area (Å²) in [7, 11) is 0. The zero-order valence-corrected chi connectivity index (χ0v) is 9.97.